The molecule has 0 fully saturated rings. The summed E-state index contributed by atoms with van der Waals surface area (Å²) in [5, 5.41) is 4.08. The van der Waals surface area contributed by atoms with E-state index in [9.17, 15) is 4.79 Å². The second kappa shape index (κ2) is 7.24. The molecule has 0 saturated carbocycles. The second-order valence-electron chi connectivity index (χ2n) is 5.81. The van der Waals surface area contributed by atoms with E-state index in [0.29, 0.717) is 17.6 Å². The van der Waals surface area contributed by atoms with Gasteiger partial charge in [-0.15, -0.1) is 11.3 Å². The molecule has 134 valence electrons. The lowest BCUT2D eigenvalue weighted by molar-refractivity contribution is 0.555. The highest BCUT2D eigenvalue weighted by Crippen LogP contribution is 2.30. The maximum absolute atomic E-state index is 11.3. The van der Waals surface area contributed by atoms with Gasteiger partial charge >= 0.3 is 5.76 Å². The molecule has 1 unspecified atom stereocenters. The van der Waals surface area contributed by atoms with Crippen molar-refractivity contribution in [2.75, 3.05) is 11.9 Å². The lowest BCUT2D eigenvalue weighted by Crippen LogP contribution is -2.30. The summed E-state index contributed by atoms with van der Waals surface area (Å²) in [7, 11) is 0. The van der Waals surface area contributed by atoms with Crippen LogP contribution in [-0.2, 0) is 6.42 Å². The van der Waals surface area contributed by atoms with E-state index >= 15 is 0 Å². The Morgan fingerprint density at radius 2 is 2.19 bits per heavy atom. The number of halogens is 1. The average Bonchev–Trinajstić information content (AvgIpc) is 3.31. The van der Waals surface area contributed by atoms with Gasteiger partial charge in [0.1, 0.15) is 0 Å². The molecular weight excluding hydrogens is 392 g/mol. The summed E-state index contributed by atoms with van der Waals surface area (Å²) in [6.07, 6.45) is 2.56. The molecule has 4 N–H and O–H groups in total. The third-order valence-corrected chi connectivity index (χ3v) is 6.08. The lowest BCUT2D eigenvalue weighted by Gasteiger charge is -2.10. The molecule has 0 aliphatic carbocycles. The molecule has 0 aliphatic rings. The summed E-state index contributed by atoms with van der Waals surface area (Å²) in [5.74, 6) is -0.454. The molecule has 0 aliphatic heterocycles. The number of fused-ring (bicyclic) bond motifs is 1. The van der Waals surface area contributed by atoms with Crippen molar-refractivity contribution in [2.24, 2.45) is 5.73 Å². The van der Waals surface area contributed by atoms with Crippen molar-refractivity contribution < 1.29 is 4.42 Å². The van der Waals surface area contributed by atoms with Crippen molar-refractivity contribution in [1.29, 1.82) is 0 Å². The highest BCUT2D eigenvalue weighted by atomic mass is 35.5. The summed E-state index contributed by atoms with van der Waals surface area (Å²) in [6, 6.07) is 9.45. The number of H-pyrrole nitrogens is 1. The average molecular weight is 407 g/mol. The van der Waals surface area contributed by atoms with Crippen LogP contribution in [0, 0.1) is 0 Å². The number of benzene rings is 1. The van der Waals surface area contributed by atoms with Crippen LogP contribution in [0.15, 0.2) is 45.7 Å². The van der Waals surface area contributed by atoms with Gasteiger partial charge in [0.25, 0.3) is 0 Å². The van der Waals surface area contributed by atoms with Gasteiger partial charge in [-0.05, 0) is 36.2 Å². The molecule has 9 heteroatoms. The zero-order valence-corrected chi connectivity index (χ0v) is 15.9. The quantitative estimate of drug-likeness (QED) is 0.450. The Kier molecular flexibility index (Phi) is 4.82. The second-order valence-corrected chi connectivity index (χ2v) is 8.64. The van der Waals surface area contributed by atoms with E-state index < -0.39 is 5.76 Å². The molecule has 0 radical (unpaired) electrons. The number of anilines is 1. The molecule has 1 atom stereocenters. The number of nitrogens with zero attached hydrogens (tertiary/aromatic N) is 1. The summed E-state index contributed by atoms with van der Waals surface area (Å²) >= 11 is 9.02. The Morgan fingerprint density at radius 1 is 1.31 bits per heavy atom. The number of oxazole rings is 1. The number of thiophene rings is 1. The van der Waals surface area contributed by atoms with Crippen LogP contribution in [0.4, 0.5) is 5.13 Å². The highest BCUT2D eigenvalue weighted by molar-refractivity contribution is 7.18. The number of nitrogens with one attached hydrogen (secondary N) is 2. The summed E-state index contributed by atoms with van der Waals surface area (Å²) < 4.78 is 5.88. The standard InChI is InChI=1S/C17H15ClN4O2S2/c18-15-4-2-11(25-15)6-10(19)7-20-16-21-8-14(26-16)9-1-3-12-13(5-9)24-17(23)22-12/h1-5,8,10H,6-7,19H2,(H,20,21)(H,22,23). The molecule has 6 nitrogen and oxygen atoms in total. The zero-order chi connectivity index (χ0) is 18.1. The Morgan fingerprint density at radius 3 is 3.00 bits per heavy atom. The summed E-state index contributed by atoms with van der Waals surface area (Å²) in [4.78, 5) is 20.4. The van der Waals surface area contributed by atoms with Gasteiger partial charge in [0.05, 0.1) is 14.7 Å². The predicted molar refractivity (Wildman–Crippen MR) is 107 cm³/mol. The molecular formula is C17H15ClN4O2S2. The minimum Gasteiger partial charge on any atom is -0.408 e. The van der Waals surface area contributed by atoms with Gasteiger partial charge < -0.3 is 15.5 Å². The largest absolute Gasteiger partial charge is 0.417 e. The number of aromatic amines is 1. The Balaban J connectivity index is 1.41. The predicted octanol–water partition coefficient (Wildman–Crippen LogP) is 3.94. The maximum atomic E-state index is 11.3. The molecule has 3 aromatic heterocycles. The molecule has 26 heavy (non-hydrogen) atoms. The van der Waals surface area contributed by atoms with E-state index in [-0.39, 0.29) is 6.04 Å². The first-order valence-electron chi connectivity index (χ1n) is 7.89. The van der Waals surface area contributed by atoms with Crippen LogP contribution in [-0.4, -0.2) is 22.6 Å². The highest BCUT2D eigenvalue weighted by Gasteiger charge is 2.10. The minimum absolute atomic E-state index is 0.0254. The third kappa shape index (κ3) is 3.83. The van der Waals surface area contributed by atoms with Crippen LogP contribution in [0.2, 0.25) is 4.34 Å². The molecule has 4 rings (SSSR count). The summed E-state index contributed by atoms with van der Waals surface area (Å²) in [6.45, 7) is 0.619. The number of hydrogen-bond acceptors (Lipinski definition) is 7. The number of hydrogen-bond donors (Lipinski definition) is 3. The fourth-order valence-corrected chi connectivity index (χ4v) is 4.60. The fourth-order valence-electron chi connectivity index (χ4n) is 2.60. The van der Waals surface area contributed by atoms with Crippen LogP contribution in [0.3, 0.4) is 0 Å². The van der Waals surface area contributed by atoms with Crippen molar-refractivity contribution in [2.45, 2.75) is 12.5 Å². The normalized spacial score (nSPS) is 12.5. The van der Waals surface area contributed by atoms with Gasteiger partial charge in [-0.2, -0.15) is 0 Å². The van der Waals surface area contributed by atoms with Gasteiger partial charge in [-0.25, -0.2) is 9.78 Å². The van der Waals surface area contributed by atoms with Gasteiger partial charge in [-0.3, -0.25) is 4.98 Å². The van der Waals surface area contributed by atoms with Gasteiger partial charge in [0.2, 0.25) is 0 Å². The number of aromatic nitrogens is 2. The number of thiazole rings is 1. The molecule has 0 bridgehead atoms. The topological polar surface area (TPSA) is 96.9 Å². The maximum Gasteiger partial charge on any atom is 0.417 e. The molecule has 4 aromatic rings. The molecule has 0 saturated heterocycles. The first kappa shape index (κ1) is 17.3. The van der Waals surface area contributed by atoms with Crippen LogP contribution in [0.5, 0.6) is 0 Å². The van der Waals surface area contributed by atoms with E-state index in [0.717, 1.165) is 26.3 Å². The SMILES string of the molecule is NC(CNc1ncc(-c2ccc3[nH]c(=O)oc3c2)s1)Cc1ccc(Cl)s1. The number of nitrogens with two attached hydrogens (primary N) is 1. The van der Waals surface area contributed by atoms with Crippen molar-refractivity contribution in [3.8, 4) is 10.4 Å². The Hall–Kier alpha value is -2.13. The van der Waals surface area contributed by atoms with Gasteiger partial charge in [0, 0.05) is 23.7 Å². The molecule has 0 spiro atoms. The number of rotatable bonds is 6. The smallest absolute Gasteiger partial charge is 0.408 e. The van der Waals surface area contributed by atoms with Crippen LogP contribution < -0.4 is 16.8 Å². The van der Waals surface area contributed by atoms with Crippen molar-refractivity contribution >= 4 is 50.5 Å². The Bertz CT molecular complexity index is 1100. The molecule has 1 aromatic carbocycles. The van der Waals surface area contributed by atoms with Gasteiger partial charge in [0.15, 0.2) is 10.7 Å². The third-order valence-electron chi connectivity index (χ3n) is 3.82. The fraction of sp³-hybridized carbons (Fsp3) is 0.176. The summed E-state index contributed by atoms with van der Waals surface area (Å²) in [5.41, 5.74) is 8.34. The van der Waals surface area contributed by atoms with E-state index in [4.69, 9.17) is 21.8 Å². The first-order chi connectivity index (χ1) is 12.6. The van der Waals surface area contributed by atoms with Crippen LogP contribution in [0.25, 0.3) is 21.5 Å². The lowest BCUT2D eigenvalue weighted by atomic mass is 10.2. The van der Waals surface area contributed by atoms with Crippen LogP contribution in [0.1, 0.15) is 4.88 Å². The Labute approximate surface area is 161 Å². The monoisotopic (exact) mass is 406 g/mol. The van der Waals surface area contributed by atoms with Crippen molar-refractivity contribution in [3.05, 3.63) is 56.3 Å². The zero-order valence-electron chi connectivity index (χ0n) is 13.5. The minimum atomic E-state index is -0.454. The van der Waals surface area contributed by atoms with E-state index in [1.54, 1.807) is 17.5 Å². The van der Waals surface area contributed by atoms with Crippen molar-refractivity contribution in [3.63, 3.8) is 0 Å². The molecule has 3 heterocycles. The van der Waals surface area contributed by atoms with E-state index in [1.165, 1.54) is 16.2 Å². The van der Waals surface area contributed by atoms with Crippen molar-refractivity contribution in [1.82, 2.24) is 9.97 Å². The van der Waals surface area contributed by atoms with E-state index in [2.05, 4.69) is 15.3 Å². The van der Waals surface area contributed by atoms with Gasteiger partial charge in [-0.1, -0.05) is 29.0 Å². The molecule has 0 amide bonds. The van der Waals surface area contributed by atoms with Crippen LogP contribution >= 0.6 is 34.3 Å². The van der Waals surface area contributed by atoms with E-state index in [1.807, 2.05) is 30.3 Å². The first-order valence-corrected chi connectivity index (χ1v) is 9.90.